The topological polar surface area (TPSA) is 38.3 Å². The number of nitrogens with one attached hydrogen (secondary N) is 1. The lowest BCUT2D eigenvalue weighted by molar-refractivity contribution is -0.148. The molecule has 1 aromatic carbocycles. The number of carbonyl (C=O) groups excluding carboxylic acids is 1. The molecule has 1 atom stereocenters. The average molecular weight is 219 g/mol. The summed E-state index contributed by atoms with van der Waals surface area (Å²) in [6.07, 6.45) is 1.81. The van der Waals surface area contributed by atoms with Gasteiger partial charge >= 0.3 is 5.97 Å². The van der Waals surface area contributed by atoms with Crippen LogP contribution >= 0.6 is 0 Å². The third-order valence-electron chi connectivity index (χ3n) is 3.29. The molecular weight excluding hydrogens is 202 g/mol. The molecule has 1 aliphatic rings. The Morgan fingerprint density at radius 3 is 2.75 bits per heavy atom. The summed E-state index contributed by atoms with van der Waals surface area (Å²) < 4.78 is 4.95. The molecule has 1 aliphatic heterocycles. The molecule has 0 saturated carbocycles. The average Bonchev–Trinajstić information content (AvgIpc) is 2.79. The Hall–Kier alpha value is -1.35. The van der Waals surface area contributed by atoms with Crippen molar-refractivity contribution in [3.63, 3.8) is 0 Å². The van der Waals surface area contributed by atoms with E-state index < -0.39 is 5.54 Å². The van der Waals surface area contributed by atoms with Crippen molar-refractivity contribution in [3.8, 4) is 0 Å². The molecule has 16 heavy (non-hydrogen) atoms. The first kappa shape index (κ1) is 11.1. The summed E-state index contributed by atoms with van der Waals surface area (Å²) in [4.78, 5) is 12.0. The Morgan fingerprint density at radius 1 is 1.44 bits per heavy atom. The first-order valence-electron chi connectivity index (χ1n) is 5.60. The zero-order valence-electron chi connectivity index (χ0n) is 9.75. The highest BCUT2D eigenvalue weighted by atomic mass is 16.5. The number of hydrogen-bond acceptors (Lipinski definition) is 3. The fourth-order valence-electron chi connectivity index (χ4n) is 2.48. The van der Waals surface area contributed by atoms with E-state index >= 15 is 0 Å². The summed E-state index contributed by atoms with van der Waals surface area (Å²) in [7, 11) is 1.45. The molecule has 1 unspecified atom stereocenters. The summed E-state index contributed by atoms with van der Waals surface area (Å²) in [6.45, 7) is 2.89. The van der Waals surface area contributed by atoms with Gasteiger partial charge in [0, 0.05) is 0 Å². The van der Waals surface area contributed by atoms with Crippen LogP contribution < -0.4 is 5.32 Å². The van der Waals surface area contributed by atoms with Crippen LogP contribution in [0.15, 0.2) is 24.3 Å². The molecule has 3 heteroatoms. The minimum absolute atomic E-state index is 0.181. The first-order valence-corrected chi connectivity index (χ1v) is 5.60. The molecule has 86 valence electrons. The van der Waals surface area contributed by atoms with E-state index in [1.165, 1.54) is 7.11 Å². The van der Waals surface area contributed by atoms with Gasteiger partial charge in [0.15, 0.2) is 0 Å². The van der Waals surface area contributed by atoms with Crippen LogP contribution in [0.3, 0.4) is 0 Å². The number of aryl methyl sites for hydroxylation is 1. The van der Waals surface area contributed by atoms with Crippen molar-refractivity contribution in [1.82, 2.24) is 5.32 Å². The number of methoxy groups -OCH3 is 1. The molecule has 1 N–H and O–H groups in total. The lowest BCUT2D eigenvalue weighted by Crippen LogP contribution is -2.45. The Balaban J connectivity index is 2.48. The molecule has 0 spiro atoms. The second kappa shape index (κ2) is 4.26. The van der Waals surface area contributed by atoms with Crippen molar-refractivity contribution < 1.29 is 9.53 Å². The van der Waals surface area contributed by atoms with Crippen LogP contribution in [-0.2, 0) is 15.1 Å². The minimum atomic E-state index is -0.625. The van der Waals surface area contributed by atoms with Gasteiger partial charge in [0.05, 0.1) is 7.11 Å². The van der Waals surface area contributed by atoms with Crippen LogP contribution in [-0.4, -0.2) is 19.6 Å². The lowest BCUT2D eigenvalue weighted by atomic mass is 9.85. The zero-order chi connectivity index (χ0) is 11.6. The van der Waals surface area contributed by atoms with Gasteiger partial charge in [0.2, 0.25) is 0 Å². The Morgan fingerprint density at radius 2 is 2.19 bits per heavy atom. The summed E-state index contributed by atoms with van der Waals surface area (Å²) in [6, 6.07) is 7.98. The Labute approximate surface area is 95.8 Å². The van der Waals surface area contributed by atoms with E-state index in [4.69, 9.17) is 4.74 Å². The molecule has 0 aromatic heterocycles. The first-order chi connectivity index (χ1) is 7.70. The Kier molecular flexibility index (Phi) is 2.97. The normalized spacial score (nSPS) is 24.4. The highest BCUT2D eigenvalue weighted by molar-refractivity contribution is 5.83. The fraction of sp³-hybridized carbons (Fsp3) is 0.462. The molecule has 0 amide bonds. The van der Waals surface area contributed by atoms with E-state index in [2.05, 4.69) is 5.32 Å². The van der Waals surface area contributed by atoms with Crippen LogP contribution in [0.25, 0.3) is 0 Å². The number of ether oxygens (including phenoxy) is 1. The summed E-state index contributed by atoms with van der Waals surface area (Å²) in [5.41, 5.74) is 1.54. The maximum absolute atomic E-state index is 12.0. The Bertz CT molecular complexity index is 395. The third-order valence-corrected chi connectivity index (χ3v) is 3.29. The van der Waals surface area contributed by atoms with Crippen molar-refractivity contribution in [2.75, 3.05) is 13.7 Å². The smallest absolute Gasteiger partial charge is 0.330 e. The molecule has 3 nitrogen and oxygen atoms in total. The van der Waals surface area contributed by atoms with Crippen LogP contribution in [0.5, 0.6) is 0 Å². The fourth-order valence-corrected chi connectivity index (χ4v) is 2.48. The maximum atomic E-state index is 12.0. The van der Waals surface area contributed by atoms with Crippen LogP contribution in [0.2, 0.25) is 0 Å². The standard InChI is InChI=1S/C13H17NO2/c1-10-6-3-4-7-11(10)13(12(15)16-2)8-5-9-14-13/h3-4,6-7,14H,5,8-9H2,1-2H3. The van der Waals surface area contributed by atoms with Crippen molar-refractivity contribution in [2.24, 2.45) is 0 Å². The van der Waals surface area contributed by atoms with Crippen molar-refractivity contribution in [2.45, 2.75) is 25.3 Å². The largest absolute Gasteiger partial charge is 0.467 e. The van der Waals surface area contributed by atoms with E-state index in [0.717, 1.165) is 30.5 Å². The van der Waals surface area contributed by atoms with E-state index in [1.807, 2.05) is 31.2 Å². The number of esters is 1. The molecule has 2 rings (SSSR count). The molecule has 1 aromatic rings. The van der Waals surface area contributed by atoms with E-state index in [-0.39, 0.29) is 5.97 Å². The maximum Gasteiger partial charge on any atom is 0.330 e. The van der Waals surface area contributed by atoms with Gasteiger partial charge in [-0.25, -0.2) is 4.79 Å². The van der Waals surface area contributed by atoms with Gasteiger partial charge in [-0.15, -0.1) is 0 Å². The predicted octanol–water partition coefficient (Wildman–Crippen LogP) is 1.75. The predicted molar refractivity (Wildman–Crippen MR) is 62.1 cm³/mol. The number of carbonyl (C=O) groups is 1. The third kappa shape index (κ3) is 1.61. The van der Waals surface area contributed by atoms with Gasteiger partial charge < -0.3 is 4.74 Å². The van der Waals surface area contributed by atoms with E-state index in [0.29, 0.717) is 0 Å². The van der Waals surface area contributed by atoms with Gasteiger partial charge in [-0.1, -0.05) is 24.3 Å². The molecule has 0 bridgehead atoms. The van der Waals surface area contributed by atoms with Crippen LogP contribution in [0.1, 0.15) is 24.0 Å². The molecule has 1 fully saturated rings. The number of benzene rings is 1. The highest BCUT2D eigenvalue weighted by Gasteiger charge is 2.44. The van der Waals surface area contributed by atoms with Crippen molar-refractivity contribution in [3.05, 3.63) is 35.4 Å². The SMILES string of the molecule is COC(=O)C1(c2ccccc2C)CCCN1. The van der Waals surface area contributed by atoms with Gasteiger partial charge in [-0.3, -0.25) is 5.32 Å². The van der Waals surface area contributed by atoms with Crippen LogP contribution in [0.4, 0.5) is 0 Å². The van der Waals surface area contributed by atoms with Gasteiger partial charge in [0.25, 0.3) is 0 Å². The van der Waals surface area contributed by atoms with E-state index in [1.54, 1.807) is 0 Å². The van der Waals surface area contributed by atoms with E-state index in [9.17, 15) is 4.79 Å². The van der Waals surface area contributed by atoms with Crippen LogP contribution in [0, 0.1) is 6.92 Å². The molecule has 1 heterocycles. The molecule has 0 radical (unpaired) electrons. The minimum Gasteiger partial charge on any atom is -0.467 e. The van der Waals surface area contributed by atoms with Crippen molar-refractivity contribution in [1.29, 1.82) is 0 Å². The zero-order valence-corrected chi connectivity index (χ0v) is 9.75. The second-order valence-corrected chi connectivity index (χ2v) is 4.24. The summed E-state index contributed by atoms with van der Waals surface area (Å²) in [5.74, 6) is -0.181. The monoisotopic (exact) mass is 219 g/mol. The number of hydrogen-bond donors (Lipinski definition) is 1. The molecule has 0 aliphatic carbocycles. The highest BCUT2D eigenvalue weighted by Crippen LogP contribution is 2.33. The summed E-state index contributed by atoms with van der Waals surface area (Å²) >= 11 is 0. The number of rotatable bonds is 2. The lowest BCUT2D eigenvalue weighted by Gasteiger charge is -2.28. The van der Waals surface area contributed by atoms with Gasteiger partial charge in [-0.05, 0) is 37.4 Å². The van der Waals surface area contributed by atoms with Gasteiger partial charge in [0.1, 0.15) is 5.54 Å². The second-order valence-electron chi connectivity index (χ2n) is 4.24. The molecule has 1 saturated heterocycles. The summed E-state index contributed by atoms with van der Waals surface area (Å²) in [5, 5.41) is 3.30. The quantitative estimate of drug-likeness (QED) is 0.770. The van der Waals surface area contributed by atoms with Gasteiger partial charge in [-0.2, -0.15) is 0 Å². The van der Waals surface area contributed by atoms with Crippen molar-refractivity contribution >= 4 is 5.97 Å². The molecular formula is C13H17NO2.